The molecule has 0 atom stereocenters. The molecule has 0 fully saturated rings. The molecule has 0 bridgehead atoms. The molecule has 10 aromatic carbocycles. The fraction of sp³-hybridized carbons (Fsp3) is 0.261. The van der Waals surface area contributed by atoms with Crippen molar-refractivity contribution in [2.24, 2.45) is 0 Å². The van der Waals surface area contributed by atoms with Crippen LogP contribution in [0.1, 0.15) is 172 Å². The highest BCUT2D eigenvalue weighted by Gasteiger charge is 2.43. The fourth-order valence-electron chi connectivity index (χ4n) is 16.5. The number of rotatable bonds is 3. The first-order chi connectivity index (χ1) is 46.9. The Morgan fingerprint density at radius 2 is 0.788 bits per heavy atom. The Hall–Kier alpha value is -8.42. The third-order valence-electron chi connectivity index (χ3n) is 21.7. The smallest absolute Gasteiger partial charge is 0.0727 e. The molecule has 15 aromatic rings. The molecule has 0 radical (unpaired) electrons. The van der Waals surface area contributed by atoms with Gasteiger partial charge in [-0.2, -0.15) is 0 Å². The van der Waals surface area contributed by atoms with E-state index in [0.717, 1.165) is 33.5 Å². The second kappa shape index (κ2) is 22.8. The van der Waals surface area contributed by atoms with Crippen molar-refractivity contribution >= 4 is 109 Å². The SMILES string of the molecule is CC(C)(C)c1ccc2c(c1)-c1sc3ccccc3c1C2.CC(C)(C)c1ccc2c(c1)c1c(n2-c2cc(Cl)cc(-n3c4ccc(C(C)(C)C)cc4c4sc5ccccc5c43)c2)-c2ccccc2C1(C)C.Cc1cc(Cl)cc(-n2c3c(c4cc(C(C)(C)C)ccc42)C(C)(C)c2ccccc2-3)c1. The van der Waals surface area contributed by atoms with Gasteiger partial charge in [-0.25, -0.2) is 0 Å². The predicted molar refractivity (Wildman–Crippen MR) is 431 cm³/mol. The summed E-state index contributed by atoms with van der Waals surface area (Å²) in [4.78, 5) is 1.49. The van der Waals surface area contributed by atoms with Gasteiger partial charge in [-0.3, -0.25) is 0 Å². The summed E-state index contributed by atoms with van der Waals surface area (Å²) in [5.41, 5.74) is 30.3. The van der Waals surface area contributed by atoms with Crippen molar-refractivity contribution in [2.75, 3.05) is 0 Å². The summed E-state index contributed by atoms with van der Waals surface area (Å²) in [6, 6.07) is 76.5. The van der Waals surface area contributed by atoms with E-state index < -0.39 is 0 Å². The lowest BCUT2D eigenvalue weighted by atomic mass is 9.80. The Morgan fingerprint density at radius 1 is 0.374 bits per heavy atom. The number of nitrogens with zero attached hydrogens (tertiary/aromatic N) is 3. The third kappa shape index (κ3) is 10.5. The maximum atomic E-state index is 7.18. The average molecular weight is 1370 g/mol. The quantitative estimate of drug-likeness (QED) is 0.167. The van der Waals surface area contributed by atoms with E-state index in [1.165, 1.54) is 157 Å². The topological polar surface area (TPSA) is 14.8 Å². The van der Waals surface area contributed by atoms with E-state index in [1.807, 2.05) is 28.7 Å². The van der Waals surface area contributed by atoms with Crippen molar-refractivity contribution in [3.8, 4) is 50.0 Å². The van der Waals surface area contributed by atoms with Gasteiger partial charge in [-0.1, -0.05) is 249 Å². The minimum absolute atomic E-state index is 0.0407. The molecule has 5 heterocycles. The predicted octanol–water partition coefficient (Wildman–Crippen LogP) is 27.5. The van der Waals surface area contributed by atoms with Crippen LogP contribution in [0.2, 0.25) is 10.0 Å². The minimum atomic E-state index is -0.142. The molecule has 0 amide bonds. The highest BCUT2D eigenvalue weighted by molar-refractivity contribution is 7.26. The van der Waals surface area contributed by atoms with E-state index in [2.05, 4.69) is 332 Å². The first-order valence-electron chi connectivity index (χ1n) is 35.1. The van der Waals surface area contributed by atoms with Crippen LogP contribution in [0.25, 0.3) is 113 Å². The van der Waals surface area contributed by atoms with Crippen LogP contribution in [-0.2, 0) is 38.9 Å². The highest BCUT2D eigenvalue weighted by Crippen LogP contribution is 2.57. The molecule has 0 unspecified atom stereocenters. The first kappa shape index (κ1) is 65.2. The maximum absolute atomic E-state index is 7.18. The number of hydrogen-bond donors (Lipinski definition) is 0. The number of halogens is 2. The van der Waals surface area contributed by atoms with Crippen molar-refractivity contribution in [3.05, 3.63) is 277 Å². The van der Waals surface area contributed by atoms with E-state index in [-0.39, 0.29) is 32.5 Å². The third-order valence-corrected chi connectivity index (χ3v) is 24.6. The second-order valence-corrected chi connectivity index (χ2v) is 36.4. The summed E-state index contributed by atoms with van der Waals surface area (Å²) in [6.45, 7) is 39.1. The van der Waals surface area contributed by atoms with Gasteiger partial charge in [0, 0.05) is 91.3 Å². The van der Waals surface area contributed by atoms with E-state index in [4.69, 9.17) is 23.2 Å². The molecule has 0 aliphatic heterocycles. The Bertz CT molecular complexity index is 5840. The van der Waals surface area contributed by atoms with Crippen LogP contribution in [0.15, 0.2) is 206 Å². The van der Waals surface area contributed by atoms with Gasteiger partial charge in [-0.05, 0) is 192 Å². The number of fused-ring (bicyclic) bond motifs is 20. The molecule has 0 spiro atoms. The lowest BCUT2D eigenvalue weighted by Crippen LogP contribution is -2.15. The van der Waals surface area contributed by atoms with Crippen molar-refractivity contribution in [3.63, 3.8) is 0 Å². The molecule has 5 aromatic heterocycles. The lowest BCUT2D eigenvalue weighted by Gasteiger charge is -2.23. The monoisotopic (exact) mass is 1370 g/mol. The van der Waals surface area contributed by atoms with Crippen LogP contribution < -0.4 is 0 Å². The molecular formula is C92H87Cl2N3S2. The van der Waals surface area contributed by atoms with Crippen molar-refractivity contribution in [1.82, 2.24) is 13.7 Å². The van der Waals surface area contributed by atoms with Gasteiger partial charge in [0.2, 0.25) is 0 Å². The molecule has 496 valence electrons. The molecule has 18 rings (SSSR count). The van der Waals surface area contributed by atoms with Crippen LogP contribution in [-0.4, -0.2) is 13.7 Å². The normalized spacial score (nSPS) is 14.3. The summed E-state index contributed by atoms with van der Waals surface area (Å²) in [6.07, 6.45) is 1.10. The largest absolute Gasteiger partial charge is 0.309 e. The van der Waals surface area contributed by atoms with Crippen LogP contribution in [0.4, 0.5) is 0 Å². The van der Waals surface area contributed by atoms with Gasteiger partial charge in [0.25, 0.3) is 0 Å². The van der Waals surface area contributed by atoms with Gasteiger partial charge >= 0.3 is 0 Å². The number of benzene rings is 10. The zero-order chi connectivity index (χ0) is 69.5. The fourth-order valence-corrected chi connectivity index (χ4v) is 19.5. The highest BCUT2D eigenvalue weighted by atomic mass is 35.5. The molecule has 0 saturated carbocycles. The molecule has 99 heavy (non-hydrogen) atoms. The summed E-state index contributed by atoms with van der Waals surface area (Å²) < 4.78 is 11.4. The van der Waals surface area contributed by atoms with E-state index >= 15 is 0 Å². The van der Waals surface area contributed by atoms with E-state index in [0.29, 0.717) is 0 Å². The number of hydrogen-bond acceptors (Lipinski definition) is 2. The standard InChI is InChI=1S/C45H41ClN2S.C28H28ClN.C19H18S/c1-43(2,3)26-17-19-36-33(21-26)39-40(31-13-9-11-15-35(31)45(39,7)8)47(36)29-23-28(46)24-30(25-29)48-37-20-18-27(44(4,5)6)22-34(37)42-41(48)32-14-10-12-16-38(32)49-42;1-17-13-19(29)16-20(14-17)30-24-12-11-18(27(2,3)4)15-22(24)25-26(30)21-9-7-8-10-23(21)28(25,5)6;1-19(2,3)13-9-8-12-10-16-14-6-4-5-7-17(14)20-18(16)15(12)11-13/h9-25H,1-8H3;7-16H,1-6H3;4-9,11H,10H2,1-3H3. The Balaban J connectivity index is 0.000000129. The summed E-state index contributed by atoms with van der Waals surface area (Å²) >= 11 is 17.5. The van der Waals surface area contributed by atoms with Crippen LogP contribution in [0.5, 0.6) is 0 Å². The Kier molecular flexibility index (Phi) is 15.0. The number of aryl methyl sites for hydroxylation is 1. The molecule has 3 aliphatic rings. The summed E-state index contributed by atoms with van der Waals surface area (Å²) in [5, 5.41) is 8.17. The second-order valence-electron chi connectivity index (χ2n) is 33.4. The molecular weight excluding hydrogens is 1280 g/mol. The molecule has 3 aliphatic carbocycles. The van der Waals surface area contributed by atoms with E-state index in [9.17, 15) is 0 Å². The average Bonchev–Trinajstić information content (AvgIpc) is 1.54. The Labute approximate surface area is 602 Å². The van der Waals surface area contributed by atoms with Crippen LogP contribution >= 0.6 is 45.9 Å². The van der Waals surface area contributed by atoms with Gasteiger partial charge in [0.1, 0.15) is 0 Å². The summed E-state index contributed by atoms with van der Waals surface area (Å²) in [5.74, 6) is 0. The van der Waals surface area contributed by atoms with Crippen molar-refractivity contribution in [1.29, 1.82) is 0 Å². The summed E-state index contributed by atoms with van der Waals surface area (Å²) in [7, 11) is 0. The van der Waals surface area contributed by atoms with Gasteiger partial charge in [0.05, 0.1) is 38.2 Å². The number of thiophene rings is 2. The van der Waals surface area contributed by atoms with Crippen LogP contribution in [0.3, 0.4) is 0 Å². The molecule has 0 N–H and O–H groups in total. The van der Waals surface area contributed by atoms with Gasteiger partial charge in [-0.15, -0.1) is 22.7 Å². The van der Waals surface area contributed by atoms with Gasteiger partial charge < -0.3 is 13.7 Å². The van der Waals surface area contributed by atoms with Crippen molar-refractivity contribution in [2.45, 2.75) is 157 Å². The molecule has 3 nitrogen and oxygen atoms in total. The zero-order valence-electron chi connectivity index (χ0n) is 60.3. The van der Waals surface area contributed by atoms with Gasteiger partial charge in [0.15, 0.2) is 0 Å². The first-order valence-corrected chi connectivity index (χ1v) is 37.5. The molecule has 7 heteroatoms. The zero-order valence-corrected chi connectivity index (χ0v) is 63.4. The van der Waals surface area contributed by atoms with Crippen molar-refractivity contribution < 1.29 is 0 Å². The number of aromatic nitrogens is 3. The molecule has 0 saturated heterocycles. The van der Waals surface area contributed by atoms with E-state index in [1.54, 1.807) is 0 Å². The Morgan fingerprint density at radius 3 is 1.30 bits per heavy atom. The minimum Gasteiger partial charge on any atom is -0.309 e. The maximum Gasteiger partial charge on any atom is 0.0727 e. The van der Waals surface area contributed by atoms with Crippen LogP contribution in [0, 0.1) is 6.92 Å². The lowest BCUT2D eigenvalue weighted by molar-refractivity contribution is 0.590.